The van der Waals surface area contributed by atoms with E-state index in [1.165, 1.54) is 19.1 Å². The fraction of sp³-hybridized carbons (Fsp3) is 0.200. The molecule has 0 spiro atoms. The van der Waals surface area contributed by atoms with E-state index in [0.29, 0.717) is 0 Å². The van der Waals surface area contributed by atoms with Crippen molar-refractivity contribution in [1.82, 2.24) is 5.32 Å². The van der Waals surface area contributed by atoms with E-state index in [4.69, 9.17) is 0 Å². The van der Waals surface area contributed by atoms with Gasteiger partial charge in [0.2, 0.25) is 5.78 Å². The molecule has 0 saturated heterocycles. The molecule has 4 heteroatoms. The first kappa shape index (κ1) is 10.4. The normalized spacial score (nSPS) is 9.57. The minimum absolute atomic E-state index is 0.235. The molecule has 0 radical (unpaired) electrons. The quantitative estimate of drug-likeness (QED) is 0.732. The lowest BCUT2D eigenvalue weighted by Crippen LogP contribution is -2.28. The number of carbonyl (C=O) groups excluding carboxylic acids is 2. The summed E-state index contributed by atoms with van der Waals surface area (Å²) in [6, 6.07) is 5.70. The molecule has 14 heavy (non-hydrogen) atoms. The molecule has 1 aromatic rings. The van der Waals surface area contributed by atoms with Crippen LogP contribution in [0.4, 0.5) is 4.39 Å². The molecule has 0 bridgehead atoms. The van der Waals surface area contributed by atoms with Crippen molar-refractivity contribution >= 4 is 11.7 Å². The van der Waals surface area contributed by atoms with Crippen molar-refractivity contribution in [3.05, 3.63) is 35.6 Å². The van der Waals surface area contributed by atoms with Crippen LogP contribution in [0.25, 0.3) is 0 Å². The Morgan fingerprint density at radius 1 is 1.29 bits per heavy atom. The third-order valence-electron chi connectivity index (χ3n) is 1.69. The molecule has 0 aliphatic heterocycles. The van der Waals surface area contributed by atoms with Gasteiger partial charge in [-0.1, -0.05) is 12.1 Å². The van der Waals surface area contributed by atoms with Crippen molar-refractivity contribution in [2.75, 3.05) is 0 Å². The van der Waals surface area contributed by atoms with Crippen LogP contribution in [0.3, 0.4) is 0 Å². The third-order valence-corrected chi connectivity index (χ3v) is 1.69. The van der Waals surface area contributed by atoms with Crippen LogP contribution >= 0.6 is 0 Å². The Bertz CT molecular complexity index is 346. The number of Topliss-reactive ketones (excluding diaryl/α,β-unsaturated/α-hetero) is 1. The van der Waals surface area contributed by atoms with Crippen LogP contribution in [0.15, 0.2) is 24.3 Å². The number of carbonyl (C=O) groups is 2. The van der Waals surface area contributed by atoms with Gasteiger partial charge in [0.25, 0.3) is 5.91 Å². The molecule has 0 aliphatic rings. The lowest BCUT2D eigenvalue weighted by atomic mass is 10.2. The van der Waals surface area contributed by atoms with E-state index >= 15 is 0 Å². The largest absolute Gasteiger partial charge is 0.345 e. The SMILES string of the molecule is CC(=O)C(=O)NCc1ccc(F)cc1. The minimum atomic E-state index is -0.630. The molecule has 0 heterocycles. The monoisotopic (exact) mass is 195 g/mol. The number of rotatable bonds is 3. The predicted octanol–water partition coefficient (Wildman–Crippen LogP) is 1.03. The number of hydrogen-bond acceptors (Lipinski definition) is 2. The molecule has 0 fully saturated rings. The highest BCUT2D eigenvalue weighted by molar-refractivity contribution is 6.35. The molecule has 1 amide bonds. The zero-order valence-electron chi connectivity index (χ0n) is 7.71. The van der Waals surface area contributed by atoms with E-state index in [1.54, 1.807) is 12.1 Å². The predicted molar refractivity (Wildman–Crippen MR) is 48.9 cm³/mol. The molecule has 0 unspecified atom stereocenters. The number of benzene rings is 1. The lowest BCUT2D eigenvalue weighted by molar-refractivity contribution is -0.136. The molecule has 1 N–H and O–H groups in total. The first-order valence-electron chi connectivity index (χ1n) is 4.13. The fourth-order valence-corrected chi connectivity index (χ4v) is 0.909. The Hall–Kier alpha value is -1.71. The maximum absolute atomic E-state index is 12.5. The van der Waals surface area contributed by atoms with Gasteiger partial charge in [0.15, 0.2) is 0 Å². The van der Waals surface area contributed by atoms with Crippen LogP contribution in [0.5, 0.6) is 0 Å². The van der Waals surface area contributed by atoms with Crippen molar-refractivity contribution in [3.63, 3.8) is 0 Å². The Morgan fingerprint density at radius 3 is 2.36 bits per heavy atom. The van der Waals surface area contributed by atoms with Crippen molar-refractivity contribution in [2.45, 2.75) is 13.5 Å². The minimum Gasteiger partial charge on any atom is -0.345 e. The highest BCUT2D eigenvalue weighted by atomic mass is 19.1. The number of amides is 1. The summed E-state index contributed by atoms with van der Waals surface area (Å²) in [5, 5.41) is 2.41. The van der Waals surface area contributed by atoms with Gasteiger partial charge in [-0.05, 0) is 17.7 Å². The topological polar surface area (TPSA) is 46.2 Å². The summed E-state index contributed by atoms with van der Waals surface area (Å²) in [5.74, 6) is -1.49. The van der Waals surface area contributed by atoms with E-state index < -0.39 is 11.7 Å². The van der Waals surface area contributed by atoms with E-state index in [0.717, 1.165) is 5.56 Å². The van der Waals surface area contributed by atoms with Gasteiger partial charge in [-0.2, -0.15) is 0 Å². The van der Waals surface area contributed by atoms with Crippen molar-refractivity contribution in [2.24, 2.45) is 0 Å². The third kappa shape index (κ3) is 2.97. The summed E-state index contributed by atoms with van der Waals surface area (Å²) in [5.41, 5.74) is 0.751. The maximum Gasteiger partial charge on any atom is 0.287 e. The zero-order chi connectivity index (χ0) is 10.6. The number of ketones is 1. The van der Waals surface area contributed by atoms with Crippen molar-refractivity contribution in [3.8, 4) is 0 Å². The average molecular weight is 195 g/mol. The van der Waals surface area contributed by atoms with Crippen LogP contribution < -0.4 is 5.32 Å². The molecular weight excluding hydrogens is 185 g/mol. The van der Waals surface area contributed by atoms with Gasteiger partial charge in [0.05, 0.1) is 0 Å². The zero-order valence-corrected chi connectivity index (χ0v) is 7.71. The van der Waals surface area contributed by atoms with E-state index in [9.17, 15) is 14.0 Å². The average Bonchev–Trinajstić information content (AvgIpc) is 2.16. The molecule has 0 aliphatic carbocycles. The Kier molecular flexibility index (Phi) is 3.34. The van der Waals surface area contributed by atoms with E-state index in [1.807, 2.05) is 0 Å². The Labute approximate surface area is 80.9 Å². The summed E-state index contributed by atoms with van der Waals surface area (Å²) in [4.78, 5) is 21.4. The van der Waals surface area contributed by atoms with Gasteiger partial charge >= 0.3 is 0 Å². The molecule has 74 valence electrons. The van der Waals surface area contributed by atoms with Crippen molar-refractivity contribution < 1.29 is 14.0 Å². The van der Waals surface area contributed by atoms with Gasteiger partial charge in [-0.15, -0.1) is 0 Å². The number of hydrogen-bond donors (Lipinski definition) is 1. The molecule has 0 atom stereocenters. The highest BCUT2D eigenvalue weighted by Crippen LogP contribution is 2.01. The van der Waals surface area contributed by atoms with Gasteiger partial charge in [0.1, 0.15) is 5.82 Å². The van der Waals surface area contributed by atoms with Gasteiger partial charge in [0, 0.05) is 13.5 Å². The molecule has 0 aromatic heterocycles. The molecule has 1 aromatic carbocycles. The summed E-state index contributed by atoms with van der Waals surface area (Å²) in [6.45, 7) is 1.43. The second-order valence-corrected chi connectivity index (χ2v) is 2.87. The number of nitrogens with one attached hydrogen (secondary N) is 1. The molecule has 3 nitrogen and oxygen atoms in total. The van der Waals surface area contributed by atoms with Crippen molar-refractivity contribution in [1.29, 1.82) is 0 Å². The van der Waals surface area contributed by atoms with E-state index in [-0.39, 0.29) is 12.4 Å². The summed E-state index contributed by atoms with van der Waals surface area (Å²) in [6.07, 6.45) is 0. The standard InChI is InChI=1S/C10H10FNO2/c1-7(13)10(14)12-6-8-2-4-9(11)5-3-8/h2-5H,6H2,1H3,(H,12,14). The maximum atomic E-state index is 12.5. The van der Waals surface area contributed by atoms with E-state index in [2.05, 4.69) is 5.32 Å². The van der Waals surface area contributed by atoms with Gasteiger partial charge < -0.3 is 5.32 Å². The number of halogens is 1. The van der Waals surface area contributed by atoms with Crippen LogP contribution in [-0.4, -0.2) is 11.7 Å². The van der Waals surface area contributed by atoms with Crippen LogP contribution in [-0.2, 0) is 16.1 Å². The fourth-order valence-electron chi connectivity index (χ4n) is 0.909. The molecule has 0 saturated carbocycles. The first-order valence-corrected chi connectivity index (χ1v) is 4.13. The van der Waals surface area contributed by atoms with Crippen LogP contribution in [0.1, 0.15) is 12.5 Å². The van der Waals surface area contributed by atoms with Gasteiger partial charge in [-0.25, -0.2) is 4.39 Å². The summed E-state index contributed by atoms with van der Waals surface area (Å²) in [7, 11) is 0. The Balaban J connectivity index is 2.50. The highest BCUT2D eigenvalue weighted by Gasteiger charge is 2.05. The smallest absolute Gasteiger partial charge is 0.287 e. The first-order chi connectivity index (χ1) is 6.59. The second-order valence-electron chi connectivity index (χ2n) is 2.87. The van der Waals surface area contributed by atoms with Gasteiger partial charge in [-0.3, -0.25) is 9.59 Å². The Morgan fingerprint density at radius 2 is 1.86 bits per heavy atom. The lowest BCUT2D eigenvalue weighted by Gasteiger charge is -2.02. The van der Waals surface area contributed by atoms with Crippen LogP contribution in [0.2, 0.25) is 0 Å². The summed E-state index contributed by atoms with van der Waals surface area (Å²) >= 11 is 0. The summed E-state index contributed by atoms with van der Waals surface area (Å²) < 4.78 is 12.5. The molecule has 1 rings (SSSR count). The second kappa shape index (κ2) is 4.50. The molecular formula is C10H10FNO2. The van der Waals surface area contributed by atoms with Crippen LogP contribution in [0, 0.1) is 5.82 Å².